The Morgan fingerprint density at radius 3 is 2.36 bits per heavy atom. The van der Waals surface area contributed by atoms with E-state index in [0.29, 0.717) is 11.6 Å². The molecular formula is C21H31BrN2O4. The van der Waals surface area contributed by atoms with Crippen LogP contribution in [0.3, 0.4) is 0 Å². The predicted molar refractivity (Wildman–Crippen MR) is 114 cm³/mol. The molecule has 0 radical (unpaired) electrons. The first kappa shape index (κ1) is 22.5. The lowest BCUT2D eigenvalue weighted by atomic mass is 9.89. The van der Waals surface area contributed by atoms with Crippen LogP contribution in [0.4, 0.5) is 10.5 Å². The molecule has 0 unspecified atom stereocenters. The van der Waals surface area contributed by atoms with E-state index in [1.807, 2.05) is 33.8 Å². The molecule has 28 heavy (non-hydrogen) atoms. The number of nitrogens with one attached hydrogen (secondary N) is 1. The maximum atomic E-state index is 12.0. The minimum absolute atomic E-state index is 0.114. The second kappa shape index (κ2) is 9.16. The van der Waals surface area contributed by atoms with E-state index in [1.165, 1.54) is 0 Å². The van der Waals surface area contributed by atoms with Crippen molar-refractivity contribution in [3.63, 3.8) is 0 Å². The van der Waals surface area contributed by atoms with Gasteiger partial charge < -0.3 is 20.1 Å². The van der Waals surface area contributed by atoms with Crippen LogP contribution in [0.1, 0.15) is 69.3 Å². The summed E-state index contributed by atoms with van der Waals surface area (Å²) in [6.45, 7) is 10.3. The van der Waals surface area contributed by atoms with Gasteiger partial charge in [0.1, 0.15) is 5.60 Å². The Labute approximate surface area is 175 Å². The number of anilines is 1. The van der Waals surface area contributed by atoms with Gasteiger partial charge in [-0.05, 0) is 78.0 Å². The maximum Gasteiger partial charge on any atom is 0.407 e. The van der Waals surface area contributed by atoms with Crippen LogP contribution in [0.15, 0.2) is 16.6 Å². The quantitative estimate of drug-likeness (QED) is 0.645. The van der Waals surface area contributed by atoms with Gasteiger partial charge in [0.2, 0.25) is 0 Å². The zero-order valence-electron chi connectivity index (χ0n) is 17.3. The molecule has 0 aromatic heterocycles. The van der Waals surface area contributed by atoms with Crippen LogP contribution in [-0.2, 0) is 4.74 Å². The molecule has 7 heteroatoms. The van der Waals surface area contributed by atoms with E-state index in [0.717, 1.165) is 48.0 Å². The first-order valence-electron chi connectivity index (χ1n) is 9.81. The van der Waals surface area contributed by atoms with E-state index in [2.05, 4.69) is 33.1 Å². The highest BCUT2D eigenvalue weighted by Gasteiger charge is 2.29. The van der Waals surface area contributed by atoms with Crippen LogP contribution in [0.2, 0.25) is 0 Å². The van der Waals surface area contributed by atoms with Crippen molar-refractivity contribution in [3.8, 4) is 0 Å². The number of halogens is 1. The van der Waals surface area contributed by atoms with Crippen LogP contribution in [0.5, 0.6) is 0 Å². The summed E-state index contributed by atoms with van der Waals surface area (Å²) < 4.78 is 6.12. The summed E-state index contributed by atoms with van der Waals surface area (Å²) in [5.74, 6) is -0.915. The highest BCUT2D eigenvalue weighted by atomic mass is 79.9. The van der Waals surface area contributed by atoms with Gasteiger partial charge in [-0.15, -0.1) is 0 Å². The number of nitrogens with zero attached hydrogens (tertiary/aromatic N) is 1. The molecule has 1 fully saturated rings. The van der Waals surface area contributed by atoms with Crippen molar-refractivity contribution in [3.05, 3.63) is 27.7 Å². The Morgan fingerprint density at radius 1 is 1.25 bits per heavy atom. The van der Waals surface area contributed by atoms with Gasteiger partial charge in [0.25, 0.3) is 0 Å². The van der Waals surface area contributed by atoms with Crippen LogP contribution < -0.4 is 10.2 Å². The van der Waals surface area contributed by atoms with Crippen molar-refractivity contribution >= 4 is 33.7 Å². The summed E-state index contributed by atoms with van der Waals surface area (Å²) in [4.78, 5) is 25.9. The van der Waals surface area contributed by atoms with E-state index in [4.69, 9.17) is 4.74 Å². The molecule has 2 N–H and O–H groups in total. The molecular weight excluding hydrogens is 424 g/mol. The summed E-state index contributed by atoms with van der Waals surface area (Å²) in [6.07, 6.45) is 3.25. The molecule has 0 atom stereocenters. The molecule has 2 rings (SSSR count). The molecule has 6 nitrogen and oxygen atoms in total. The maximum absolute atomic E-state index is 12.0. The van der Waals surface area contributed by atoms with Crippen molar-refractivity contribution in [1.29, 1.82) is 0 Å². The summed E-state index contributed by atoms with van der Waals surface area (Å²) >= 11 is 3.45. The lowest BCUT2D eigenvalue weighted by Gasteiger charge is -2.39. The lowest BCUT2D eigenvalue weighted by molar-refractivity contribution is 0.0490. The first-order valence-corrected chi connectivity index (χ1v) is 10.6. The number of carboxylic acids is 1. The number of hydrogen-bond acceptors (Lipinski definition) is 4. The molecule has 1 saturated carbocycles. The van der Waals surface area contributed by atoms with E-state index >= 15 is 0 Å². The topological polar surface area (TPSA) is 78.9 Å². The number of rotatable bonds is 5. The molecule has 1 aromatic rings. The van der Waals surface area contributed by atoms with E-state index < -0.39 is 11.6 Å². The average molecular weight is 455 g/mol. The number of hydrogen-bond donors (Lipinski definition) is 2. The Kier molecular flexibility index (Phi) is 7.37. The Balaban J connectivity index is 2.06. The summed E-state index contributed by atoms with van der Waals surface area (Å²) in [5.41, 5.74) is 1.56. The number of amides is 1. The minimum Gasteiger partial charge on any atom is -0.478 e. The Morgan fingerprint density at radius 2 is 1.86 bits per heavy atom. The molecule has 0 aliphatic heterocycles. The molecule has 1 aromatic carbocycles. The van der Waals surface area contributed by atoms with Gasteiger partial charge in [-0.25, -0.2) is 9.59 Å². The number of alkyl carbamates (subject to hydrolysis) is 1. The van der Waals surface area contributed by atoms with Gasteiger partial charge in [-0.1, -0.05) is 15.9 Å². The Bertz CT molecular complexity index is 722. The lowest BCUT2D eigenvalue weighted by Crippen LogP contribution is -2.45. The largest absolute Gasteiger partial charge is 0.478 e. The molecule has 0 spiro atoms. The monoisotopic (exact) mass is 454 g/mol. The number of benzene rings is 1. The molecule has 0 bridgehead atoms. The normalized spacial score (nSPS) is 19.8. The van der Waals surface area contributed by atoms with Crippen LogP contribution in [0.25, 0.3) is 0 Å². The average Bonchev–Trinajstić information content (AvgIpc) is 2.57. The van der Waals surface area contributed by atoms with Crippen molar-refractivity contribution in [2.75, 3.05) is 11.4 Å². The standard InChI is InChI=1S/C21H31BrN2O4/c1-6-24(18-12-14(22)11-17(13(18)2)19(25)26)16-9-7-15(8-10-16)23-20(27)28-21(3,4)5/h11-12,15-16H,6-10H2,1-5H3,(H,23,27)(H,25,26). The van der Waals surface area contributed by atoms with E-state index in [1.54, 1.807) is 6.07 Å². The second-order valence-electron chi connectivity index (χ2n) is 8.34. The van der Waals surface area contributed by atoms with Crippen LogP contribution in [0, 0.1) is 6.92 Å². The smallest absolute Gasteiger partial charge is 0.407 e. The fourth-order valence-electron chi connectivity index (χ4n) is 3.82. The fraction of sp³-hybridized carbons (Fsp3) is 0.619. The zero-order valence-corrected chi connectivity index (χ0v) is 18.9. The van der Waals surface area contributed by atoms with Gasteiger partial charge in [-0.3, -0.25) is 0 Å². The van der Waals surface area contributed by atoms with Gasteiger partial charge in [0.05, 0.1) is 5.56 Å². The molecule has 0 heterocycles. The summed E-state index contributed by atoms with van der Waals surface area (Å²) in [7, 11) is 0. The molecule has 156 valence electrons. The molecule has 1 aliphatic carbocycles. The third-order valence-corrected chi connectivity index (χ3v) is 5.54. The third kappa shape index (κ3) is 5.87. The van der Waals surface area contributed by atoms with Crippen LogP contribution >= 0.6 is 15.9 Å². The van der Waals surface area contributed by atoms with Crippen molar-refractivity contribution in [2.45, 2.75) is 78.0 Å². The van der Waals surface area contributed by atoms with E-state index in [-0.39, 0.29) is 12.1 Å². The molecule has 1 amide bonds. The first-order chi connectivity index (χ1) is 13.0. The molecule has 0 saturated heterocycles. The highest BCUT2D eigenvalue weighted by Crippen LogP contribution is 2.33. The van der Waals surface area contributed by atoms with Gasteiger partial charge in [0.15, 0.2) is 0 Å². The van der Waals surface area contributed by atoms with Gasteiger partial charge in [0, 0.05) is 28.8 Å². The zero-order chi connectivity index (χ0) is 21.1. The van der Waals surface area contributed by atoms with Crippen LogP contribution in [-0.4, -0.2) is 41.4 Å². The second-order valence-corrected chi connectivity index (χ2v) is 9.26. The number of carbonyl (C=O) groups is 2. The number of carboxylic acid groups (broad SMARTS) is 1. The number of ether oxygens (including phenoxy) is 1. The highest BCUT2D eigenvalue weighted by molar-refractivity contribution is 9.10. The summed E-state index contributed by atoms with van der Waals surface area (Å²) in [5, 5.41) is 12.5. The van der Waals surface area contributed by atoms with E-state index in [9.17, 15) is 14.7 Å². The predicted octanol–water partition coefficient (Wildman–Crippen LogP) is 5.12. The molecule has 1 aliphatic rings. The summed E-state index contributed by atoms with van der Waals surface area (Å²) in [6, 6.07) is 4.08. The number of aromatic carboxylic acids is 1. The van der Waals surface area contributed by atoms with Crippen molar-refractivity contribution < 1.29 is 19.4 Å². The Hall–Kier alpha value is -1.76. The SMILES string of the molecule is CCN(c1cc(Br)cc(C(=O)O)c1C)C1CCC(NC(=O)OC(C)(C)C)CC1. The third-order valence-electron chi connectivity index (χ3n) is 5.08. The fourth-order valence-corrected chi connectivity index (χ4v) is 4.26. The van der Waals surface area contributed by atoms with Gasteiger partial charge in [-0.2, -0.15) is 0 Å². The minimum atomic E-state index is -0.915. The number of carbonyl (C=O) groups excluding carboxylic acids is 1. The van der Waals surface area contributed by atoms with Crippen molar-refractivity contribution in [2.24, 2.45) is 0 Å². The van der Waals surface area contributed by atoms with Crippen molar-refractivity contribution in [1.82, 2.24) is 5.32 Å². The van der Waals surface area contributed by atoms with Gasteiger partial charge >= 0.3 is 12.1 Å².